The van der Waals surface area contributed by atoms with E-state index in [-0.39, 0.29) is 5.82 Å². The molecule has 0 radical (unpaired) electrons. The van der Waals surface area contributed by atoms with Gasteiger partial charge in [-0.05, 0) is 6.42 Å². The fourth-order valence-electron chi connectivity index (χ4n) is 1.51. The summed E-state index contributed by atoms with van der Waals surface area (Å²) in [6.07, 6.45) is 3.95. The van der Waals surface area contributed by atoms with Gasteiger partial charge in [-0.25, -0.2) is 24.1 Å². The van der Waals surface area contributed by atoms with Crippen LogP contribution < -0.4 is 0 Å². The third-order valence-electron chi connectivity index (χ3n) is 2.34. The van der Waals surface area contributed by atoms with Crippen LogP contribution in [0, 0.1) is 0 Å². The number of hydrogen-bond acceptors (Lipinski definition) is 6. The molecule has 8 heteroatoms. The summed E-state index contributed by atoms with van der Waals surface area (Å²) < 4.78 is 7.87. The zero-order chi connectivity index (χ0) is 13.0. The molecule has 2 heterocycles. The molecular formula is C10H14N6O2. The molecule has 0 unspecified atom stereocenters. The van der Waals surface area contributed by atoms with Crippen LogP contribution in [0.2, 0.25) is 0 Å². The van der Waals surface area contributed by atoms with E-state index >= 15 is 0 Å². The van der Waals surface area contributed by atoms with Gasteiger partial charge in [0.2, 0.25) is 0 Å². The maximum Gasteiger partial charge on any atom is 0.377 e. The summed E-state index contributed by atoms with van der Waals surface area (Å²) >= 11 is 0. The second-order valence-corrected chi connectivity index (χ2v) is 3.66. The molecule has 0 spiro atoms. The van der Waals surface area contributed by atoms with Crippen molar-refractivity contribution in [1.82, 2.24) is 29.5 Å². The zero-order valence-corrected chi connectivity index (χ0v) is 10.3. The quantitative estimate of drug-likeness (QED) is 0.700. The number of esters is 1. The van der Waals surface area contributed by atoms with Crippen molar-refractivity contribution < 1.29 is 9.53 Å². The second-order valence-electron chi connectivity index (χ2n) is 3.66. The molecule has 0 fully saturated rings. The number of carbonyl (C=O) groups excluding carboxylic acids is 1. The Balaban J connectivity index is 2.11. The number of aromatic nitrogens is 6. The first-order valence-electron chi connectivity index (χ1n) is 5.59. The molecule has 2 rings (SSSR count). The summed E-state index contributed by atoms with van der Waals surface area (Å²) in [5.41, 5.74) is 0. The molecule has 8 nitrogen and oxygen atoms in total. The van der Waals surface area contributed by atoms with E-state index in [0.717, 1.165) is 18.8 Å². The highest BCUT2D eigenvalue weighted by atomic mass is 16.5. The molecule has 0 saturated carbocycles. The first-order valence-corrected chi connectivity index (χ1v) is 5.59. The number of nitrogens with zero attached hydrogens (tertiary/aromatic N) is 6. The summed E-state index contributed by atoms with van der Waals surface area (Å²) in [7, 11) is 1.29. The maximum absolute atomic E-state index is 11.2. The van der Waals surface area contributed by atoms with Gasteiger partial charge in [-0.2, -0.15) is 5.10 Å². The average Bonchev–Trinajstić information content (AvgIpc) is 3.00. The van der Waals surface area contributed by atoms with E-state index in [9.17, 15) is 4.79 Å². The molecular weight excluding hydrogens is 236 g/mol. The van der Waals surface area contributed by atoms with E-state index in [1.165, 1.54) is 24.4 Å². The summed E-state index contributed by atoms with van der Waals surface area (Å²) in [5, 5.41) is 8.12. The Morgan fingerprint density at radius 2 is 2.28 bits per heavy atom. The third kappa shape index (κ3) is 2.53. The first-order chi connectivity index (χ1) is 8.74. The predicted molar refractivity (Wildman–Crippen MR) is 60.8 cm³/mol. The van der Waals surface area contributed by atoms with E-state index in [1.807, 2.05) is 0 Å². The fourth-order valence-corrected chi connectivity index (χ4v) is 1.51. The van der Waals surface area contributed by atoms with Gasteiger partial charge in [-0.15, -0.1) is 5.10 Å². The van der Waals surface area contributed by atoms with Crippen LogP contribution in [0.15, 0.2) is 12.7 Å². The van der Waals surface area contributed by atoms with Gasteiger partial charge >= 0.3 is 5.97 Å². The number of rotatable bonds is 5. The SMILES string of the molecule is CCCn1ncnc1Cn1cnc(C(=O)OC)n1. The van der Waals surface area contributed by atoms with Gasteiger partial charge in [-0.3, -0.25) is 0 Å². The Bertz CT molecular complexity index is 532. The highest BCUT2D eigenvalue weighted by molar-refractivity contribution is 5.84. The van der Waals surface area contributed by atoms with Crippen LogP contribution in [0.1, 0.15) is 29.8 Å². The van der Waals surface area contributed by atoms with Gasteiger partial charge in [0.1, 0.15) is 25.0 Å². The van der Waals surface area contributed by atoms with E-state index < -0.39 is 5.97 Å². The summed E-state index contributed by atoms with van der Waals surface area (Å²) in [5.74, 6) is 0.265. The lowest BCUT2D eigenvalue weighted by atomic mass is 10.5. The second kappa shape index (κ2) is 5.39. The van der Waals surface area contributed by atoms with Crippen molar-refractivity contribution in [3.8, 4) is 0 Å². The summed E-state index contributed by atoms with van der Waals surface area (Å²) in [6, 6.07) is 0. The lowest BCUT2D eigenvalue weighted by Crippen LogP contribution is -2.11. The third-order valence-corrected chi connectivity index (χ3v) is 2.34. The molecule has 0 N–H and O–H groups in total. The molecule has 0 aliphatic rings. The minimum Gasteiger partial charge on any atom is -0.463 e. The molecule has 2 aromatic heterocycles. The lowest BCUT2D eigenvalue weighted by molar-refractivity contribution is 0.0586. The Morgan fingerprint density at radius 3 is 3.00 bits per heavy atom. The minimum atomic E-state index is -0.552. The number of hydrogen-bond donors (Lipinski definition) is 0. The summed E-state index contributed by atoms with van der Waals surface area (Å²) in [4.78, 5) is 19.2. The van der Waals surface area contributed by atoms with E-state index in [1.54, 1.807) is 4.68 Å². The van der Waals surface area contributed by atoms with Crippen molar-refractivity contribution in [2.75, 3.05) is 7.11 Å². The Hall–Kier alpha value is -2.25. The monoisotopic (exact) mass is 250 g/mol. The highest BCUT2D eigenvalue weighted by Gasteiger charge is 2.12. The lowest BCUT2D eigenvalue weighted by Gasteiger charge is -2.03. The summed E-state index contributed by atoms with van der Waals surface area (Å²) in [6.45, 7) is 3.29. The van der Waals surface area contributed by atoms with Crippen LogP contribution in [-0.4, -0.2) is 42.6 Å². The van der Waals surface area contributed by atoms with E-state index in [0.29, 0.717) is 6.54 Å². The predicted octanol–water partition coefficient (Wildman–Crippen LogP) is 0.114. The van der Waals surface area contributed by atoms with Gasteiger partial charge in [0.25, 0.3) is 5.82 Å². The largest absolute Gasteiger partial charge is 0.463 e. The van der Waals surface area contributed by atoms with Crippen LogP contribution in [0.4, 0.5) is 0 Å². The first kappa shape index (κ1) is 12.2. The van der Waals surface area contributed by atoms with Crippen molar-refractivity contribution in [2.24, 2.45) is 0 Å². The Kier molecular flexibility index (Phi) is 3.66. The van der Waals surface area contributed by atoms with Gasteiger partial charge in [0, 0.05) is 6.54 Å². The Morgan fingerprint density at radius 1 is 1.44 bits per heavy atom. The van der Waals surface area contributed by atoms with Crippen LogP contribution in [-0.2, 0) is 17.8 Å². The maximum atomic E-state index is 11.2. The van der Waals surface area contributed by atoms with E-state index in [4.69, 9.17) is 0 Å². The number of aryl methyl sites for hydroxylation is 1. The van der Waals surface area contributed by atoms with Crippen molar-refractivity contribution >= 4 is 5.97 Å². The number of methoxy groups -OCH3 is 1. The van der Waals surface area contributed by atoms with Crippen molar-refractivity contribution in [3.05, 3.63) is 24.3 Å². The molecule has 0 amide bonds. The fraction of sp³-hybridized carbons (Fsp3) is 0.500. The molecule has 96 valence electrons. The normalized spacial score (nSPS) is 10.6. The molecule has 0 bridgehead atoms. The molecule has 0 aliphatic carbocycles. The molecule has 0 aliphatic heterocycles. The van der Waals surface area contributed by atoms with Crippen LogP contribution in [0.25, 0.3) is 0 Å². The Labute approximate surface area is 104 Å². The molecule has 18 heavy (non-hydrogen) atoms. The average molecular weight is 250 g/mol. The van der Waals surface area contributed by atoms with Crippen LogP contribution in [0.5, 0.6) is 0 Å². The minimum absolute atomic E-state index is 0.0408. The van der Waals surface area contributed by atoms with Crippen molar-refractivity contribution in [3.63, 3.8) is 0 Å². The standard InChI is InChI=1S/C10H14N6O2/c1-3-4-16-8(11-6-13-16)5-15-7-12-9(14-15)10(17)18-2/h6-7H,3-5H2,1-2H3. The number of ether oxygens (including phenoxy) is 1. The molecule has 0 saturated heterocycles. The number of carbonyl (C=O) groups is 1. The van der Waals surface area contributed by atoms with Gasteiger partial charge in [0.15, 0.2) is 0 Å². The zero-order valence-electron chi connectivity index (χ0n) is 10.3. The van der Waals surface area contributed by atoms with Crippen LogP contribution >= 0.6 is 0 Å². The highest BCUT2D eigenvalue weighted by Crippen LogP contribution is 2.00. The van der Waals surface area contributed by atoms with Gasteiger partial charge < -0.3 is 4.74 Å². The smallest absolute Gasteiger partial charge is 0.377 e. The van der Waals surface area contributed by atoms with Crippen LogP contribution in [0.3, 0.4) is 0 Å². The van der Waals surface area contributed by atoms with Crippen molar-refractivity contribution in [1.29, 1.82) is 0 Å². The topological polar surface area (TPSA) is 87.7 Å². The molecule has 0 aromatic carbocycles. The van der Waals surface area contributed by atoms with Crippen molar-refractivity contribution in [2.45, 2.75) is 26.4 Å². The molecule has 0 atom stereocenters. The van der Waals surface area contributed by atoms with Gasteiger partial charge in [-0.1, -0.05) is 6.92 Å². The van der Waals surface area contributed by atoms with Gasteiger partial charge in [0.05, 0.1) is 7.11 Å². The van der Waals surface area contributed by atoms with E-state index in [2.05, 4.69) is 31.8 Å². The molecule has 2 aromatic rings.